The van der Waals surface area contributed by atoms with Gasteiger partial charge in [0.05, 0.1) is 7.11 Å². The molecule has 154 valence electrons. The van der Waals surface area contributed by atoms with Gasteiger partial charge in [-0.25, -0.2) is 0 Å². The summed E-state index contributed by atoms with van der Waals surface area (Å²) in [5.74, 6) is 2.97. The smallest absolute Gasteiger partial charge is 0.226 e. The highest BCUT2D eigenvalue weighted by atomic mass is 32.2. The molecule has 5 heteroatoms. The van der Waals surface area contributed by atoms with Crippen molar-refractivity contribution in [2.45, 2.75) is 44.1 Å². The van der Waals surface area contributed by atoms with E-state index in [-0.39, 0.29) is 11.3 Å². The van der Waals surface area contributed by atoms with E-state index in [9.17, 15) is 4.79 Å². The van der Waals surface area contributed by atoms with Crippen molar-refractivity contribution >= 4 is 17.7 Å². The molecule has 2 aromatic carbocycles. The molecule has 2 fully saturated rings. The summed E-state index contributed by atoms with van der Waals surface area (Å²) in [6.45, 7) is 1.32. The van der Waals surface area contributed by atoms with Gasteiger partial charge in [0.2, 0.25) is 5.91 Å². The monoisotopic (exact) mass is 411 g/mol. The van der Waals surface area contributed by atoms with Crippen LogP contribution in [0.1, 0.15) is 48.6 Å². The average Bonchev–Trinajstić information content (AvgIpc) is 3.28. The van der Waals surface area contributed by atoms with Crippen molar-refractivity contribution in [3.63, 3.8) is 0 Å². The van der Waals surface area contributed by atoms with Crippen LogP contribution < -0.4 is 9.47 Å². The molecule has 1 saturated heterocycles. The molecule has 29 heavy (non-hydrogen) atoms. The summed E-state index contributed by atoms with van der Waals surface area (Å²) in [5.41, 5.74) is 2.23. The molecule has 2 aliphatic rings. The first-order valence-electron chi connectivity index (χ1n) is 10.5. The predicted octanol–water partition coefficient (Wildman–Crippen LogP) is 5.43. The average molecular weight is 412 g/mol. The summed E-state index contributed by atoms with van der Waals surface area (Å²) < 4.78 is 11.6. The molecule has 1 aliphatic carbocycles. The van der Waals surface area contributed by atoms with E-state index in [1.54, 1.807) is 7.11 Å². The molecular weight excluding hydrogens is 382 g/mol. The van der Waals surface area contributed by atoms with E-state index in [2.05, 4.69) is 11.0 Å². The van der Waals surface area contributed by atoms with Crippen molar-refractivity contribution in [3.05, 3.63) is 59.7 Å². The highest BCUT2D eigenvalue weighted by Crippen LogP contribution is 2.42. The van der Waals surface area contributed by atoms with Gasteiger partial charge in [0.1, 0.15) is 12.0 Å². The van der Waals surface area contributed by atoms with E-state index >= 15 is 0 Å². The lowest BCUT2D eigenvalue weighted by Gasteiger charge is -2.30. The lowest BCUT2D eigenvalue weighted by molar-refractivity contribution is -0.136. The van der Waals surface area contributed by atoms with Crippen LogP contribution in [0.25, 0.3) is 0 Å². The number of hydrogen-bond donors (Lipinski definition) is 0. The fraction of sp³-hybridized carbons (Fsp3) is 0.458. The number of benzene rings is 2. The van der Waals surface area contributed by atoms with Gasteiger partial charge in [0, 0.05) is 18.2 Å². The first-order chi connectivity index (χ1) is 14.3. The van der Waals surface area contributed by atoms with E-state index in [0.717, 1.165) is 47.8 Å². The van der Waals surface area contributed by atoms with Crippen molar-refractivity contribution in [2.75, 3.05) is 19.4 Å². The zero-order valence-corrected chi connectivity index (χ0v) is 17.8. The summed E-state index contributed by atoms with van der Waals surface area (Å²) in [5, 5.41) is 0.0643. The topological polar surface area (TPSA) is 38.8 Å². The quantitative estimate of drug-likeness (QED) is 0.635. The van der Waals surface area contributed by atoms with E-state index in [1.807, 2.05) is 54.2 Å². The Bertz CT molecular complexity index is 820. The molecule has 2 aromatic rings. The lowest BCUT2D eigenvalue weighted by atomic mass is 9.88. The maximum Gasteiger partial charge on any atom is 0.226 e. The van der Waals surface area contributed by atoms with Crippen molar-refractivity contribution in [3.8, 4) is 11.5 Å². The third kappa shape index (κ3) is 4.72. The van der Waals surface area contributed by atoms with Gasteiger partial charge in [0.25, 0.3) is 0 Å². The van der Waals surface area contributed by atoms with Crippen molar-refractivity contribution in [1.82, 2.24) is 4.90 Å². The van der Waals surface area contributed by atoms with E-state index in [4.69, 9.17) is 9.47 Å². The summed E-state index contributed by atoms with van der Waals surface area (Å²) in [6.07, 6.45) is 5.72. The highest BCUT2D eigenvalue weighted by Gasteiger charge is 2.35. The molecule has 1 saturated carbocycles. The van der Waals surface area contributed by atoms with Crippen molar-refractivity contribution < 1.29 is 14.3 Å². The van der Waals surface area contributed by atoms with Crippen LogP contribution in [0.15, 0.2) is 48.5 Å². The zero-order valence-electron chi connectivity index (χ0n) is 17.0. The van der Waals surface area contributed by atoms with Gasteiger partial charge in [-0.3, -0.25) is 4.79 Å². The van der Waals surface area contributed by atoms with Gasteiger partial charge >= 0.3 is 0 Å². The summed E-state index contributed by atoms with van der Waals surface area (Å²) in [4.78, 5) is 15.2. The Morgan fingerprint density at radius 3 is 2.62 bits per heavy atom. The predicted molar refractivity (Wildman–Crippen MR) is 117 cm³/mol. The lowest BCUT2D eigenvalue weighted by Crippen LogP contribution is -2.36. The molecule has 0 radical (unpaired) electrons. The Hall–Kier alpha value is -2.14. The summed E-state index contributed by atoms with van der Waals surface area (Å²) in [6, 6.07) is 16.2. The molecule has 0 spiro atoms. The van der Waals surface area contributed by atoms with Crippen LogP contribution in [0, 0.1) is 5.92 Å². The SMILES string of the molecule is COc1ccc([C@H]2SCCN2C(=O)C2CCCCC2)cc1OCc1ccccc1. The number of ether oxygens (including phenoxy) is 2. The van der Waals surface area contributed by atoms with Gasteiger partial charge in [-0.05, 0) is 36.1 Å². The maximum atomic E-state index is 13.2. The third-order valence-electron chi connectivity index (χ3n) is 5.84. The molecule has 1 atom stereocenters. The second-order valence-electron chi connectivity index (χ2n) is 7.77. The molecule has 0 N–H and O–H groups in total. The van der Waals surface area contributed by atoms with Crippen molar-refractivity contribution in [1.29, 1.82) is 0 Å². The summed E-state index contributed by atoms with van der Waals surface area (Å²) >= 11 is 1.84. The molecule has 0 unspecified atom stereocenters. The Kier molecular flexibility index (Phi) is 6.65. The Morgan fingerprint density at radius 2 is 1.86 bits per heavy atom. The van der Waals surface area contributed by atoms with Gasteiger partial charge in [-0.1, -0.05) is 55.7 Å². The molecule has 0 aromatic heterocycles. The number of methoxy groups -OCH3 is 1. The van der Waals surface area contributed by atoms with Gasteiger partial charge < -0.3 is 14.4 Å². The minimum atomic E-state index is 0.0643. The molecule has 1 heterocycles. The van der Waals surface area contributed by atoms with Gasteiger partial charge in [-0.15, -0.1) is 11.8 Å². The standard InChI is InChI=1S/C24H29NO3S/c1-27-21-13-12-20(16-22(21)28-17-18-8-4-2-5-9-18)24-25(14-15-29-24)23(26)19-10-6-3-7-11-19/h2,4-5,8-9,12-13,16,19,24H,3,6-7,10-11,14-15,17H2,1H3/t24-/m1/s1. The van der Waals surface area contributed by atoms with Crippen LogP contribution in [0.3, 0.4) is 0 Å². The van der Waals surface area contributed by atoms with Crippen LogP contribution in [-0.2, 0) is 11.4 Å². The van der Waals surface area contributed by atoms with E-state index < -0.39 is 0 Å². The van der Waals surface area contributed by atoms with Crippen LogP contribution >= 0.6 is 11.8 Å². The van der Waals surface area contributed by atoms with E-state index in [1.165, 1.54) is 19.3 Å². The van der Waals surface area contributed by atoms with Crippen LogP contribution in [0.2, 0.25) is 0 Å². The number of carbonyl (C=O) groups is 1. The first kappa shape index (κ1) is 20.1. The number of rotatable bonds is 6. The second kappa shape index (κ2) is 9.57. The Balaban J connectivity index is 1.51. The minimum absolute atomic E-state index is 0.0643. The third-order valence-corrected chi connectivity index (χ3v) is 7.10. The molecule has 0 bridgehead atoms. The normalized spacial score (nSPS) is 19.9. The van der Waals surface area contributed by atoms with Crippen LogP contribution in [0.4, 0.5) is 0 Å². The Labute approximate surface area is 177 Å². The molecule has 4 nitrogen and oxygen atoms in total. The zero-order chi connectivity index (χ0) is 20.1. The van der Waals surface area contributed by atoms with Gasteiger partial charge in [-0.2, -0.15) is 0 Å². The molecular formula is C24H29NO3S. The highest BCUT2D eigenvalue weighted by molar-refractivity contribution is 7.99. The number of hydrogen-bond acceptors (Lipinski definition) is 4. The first-order valence-corrected chi connectivity index (χ1v) is 11.6. The second-order valence-corrected chi connectivity index (χ2v) is 8.96. The number of carbonyl (C=O) groups excluding carboxylic acids is 1. The van der Waals surface area contributed by atoms with Crippen LogP contribution in [-0.4, -0.2) is 30.2 Å². The summed E-state index contributed by atoms with van der Waals surface area (Å²) in [7, 11) is 1.66. The number of nitrogens with zero attached hydrogens (tertiary/aromatic N) is 1. The number of thioether (sulfide) groups is 1. The fourth-order valence-corrected chi connectivity index (χ4v) is 5.50. The Morgan fingerprint density at radius 1 is 1.07 bits per heavy atom. The van der Waals surface area contributed by atoms with Crippen molar-refractivity contribution in [2.24, 2.45) is 5.92 Å². The van der Waals surface area contributed by atoms with Crippen LogP contribution in [0.5, 0.6) is 11.5 Å². The molecule has 1 amide bonds. The molecule has 4 rings (SSSR count). The number of amides is 1. The minimum Gasteiger partial charge on any atom is -0.493 e. The fourth-order valence-electron chi connectivity index (χ4n) is 4.25. The maximum absolute atomic E-state index is 13.2. The van der Waals surface area contributed by atoms with E-state index in [0.29, 0.717) is 12.5 Å². The molecule has 1 aliphatic heterocycles. The van der Waals surface area contributed by atoms with Gasteiger partial charge in [0.15, 0.2) is 11.5 Å². The largest absolute Gasteiger partial charge is 0.493 e.